The van der Waals surface area contributed by atoms with Crippen molar-refractivity contribution < 1.29 is 8.85 Å². The molecule has 15 heteroatoms. The van der Waals surface area contributed by atoms with Gasteiger partial charge in [0.2, 0.25) is 0 Å². The lowest BCUT2D eigenvalue weighted by atomic mass is 9.90. The van der Waals surface area contributed by atoms with E-state index in [-0.39, 0.29) is 0 Å². The van der Waals surface area contributed by atoms with Crippen LogP contribution in [0.15, 0.2) is 96.2 Å². The molecule has 6 bridgehead atoms. The van der Waals surface area contributed by atoms with E-state index in [1.807, 2.05) is 42.9 Å². The monoisotopic (exact) mass is 774 g/mol. The molecule has 2 saturated carbocycles. The van der Waals surface area contributed by atoms with Crippen molar-refractivity contribution in [1.82, 2.24) is 29.1 Å². The number of fused-ring (bicyclic) bond motifs is 13. The Labute approximate surface area is 330 Å². The average molecular weight is 775 g/mol. The first kappa shape index (κ1) is 33.6. The topological polar surface area (TPSA) is 151 Å². The number of nitrogens with zero attached hydrogens (tertiary/aromatic N) is 11. The molecule has 0 spiro atoms. The zero-order valence-corrected chi connectivity index (χ0v) is 32.6. The summed E-state index contributed by atoms with van der Waals surface area (Å²) in [5.74, 6) is 4.91. The van der Waals surface area contributed by atoms with Crippen LogP contribution in [-0.4, -0.2) is 81.2 Å². The van der Waals surface area contributed by atoms with Crippen molar-refractivity contribution in [3.8, 4) is 0 Å². The molecule has 8 aliphatic rings. The van der Waals surface area contributed by atoms with Gasteiger partial charge >= 0.3 is 8.88 Å². The highest BCUT2D eigenvalue weighted by molar-refractivity contribution is 6.68. The van der Waals surface area contributed by atoms with Crippen LogP contribution in [0, 0.1) is 11.8 Å². The summed E-state index contributed by atoms with van der Waals surface area (Å²) in [5.41, 5.74) is 5.63. The van der Waals surface area contributed by atoms with Crippen molar-refractivity contribution in [3.05, 3.63) is 88.8 Å². The Bertz CT molecular complexity index is 2550. The van der Waals surface area contributed by atoms with Crippen LogP contribution in [0.5, 0.6) is 0 Å². The minimum absolute atomic E-state index is 0.380. The fourth-order valence-electron chi connectivity index (χ4n) is 9.87. The summed E-state index contributed by atoms with van der Waals surface area (Å²) in [6, 6.07) is 12.1. The predicted molar refractivity (Wildman–Crippen MR) is 221 cm³/mol. The summed E-state index contributed by atoms with van der Waals surface area (Å²) >= 11 is 0. The molecule has 1 unspecified atom stereocenters. The summed E-state index contributed by atoms with van der Waals surface area (Å²) < 4.78 is 20.1. The maximum atomic E-state index is 7.81. The third-order valence-corrected chi connectivity index (χ3v) is 15.8. The molecule has 4 aromatic rings. The summed E-state index contributed by atoms with van der Waals surface area (Å²) in [6.07, 6.45) is 20.1. The Morgan fingerprint density at radius 1 is 0.702 bits per heavy atom. The molecule has 14 nitrogen and oxygen atoms in total. The van der Waals surface area contributed by atoms with Crippen molar-refractivity contribution in [2.24, 2.45) is 41.8 Å². The Hall–Kier alpha value is -5.51. The van der Waals surface area contributed by atoms with E-state index in [1.54, 1.807) is 6.20 Å². The van der Waals surface area contributed by atoms with E-state index in [0.717, 1.165) is 72.0 Å². The summed E-state index contributed by atoms with van der Waals surface area (Å²) in [5, 5.41) is 4.69. The van der Waals surface area contributed by atoms with Crippen LogP contribution in [0.3, 0.4) is 0 Å². The first-order valence-corrected chi connectivity index (χ1v) is 22.4. The van der Waals surface area contributed by atoms with E-state index in [4.69, 9.17) is 53.8 Å². The minimum Gasteiger partial charge on any atom is -0.361 e. The lowest BCUT2D eigenvalue weighted by molar-refractivity contribution is 0.0677. The minimum atomic E-state index is -4.09. The van der Waals surface area contributed by atoms with Gasteiger partial charge in [-0.1, -0.05) is 38.5 Å². The Morgan fingerprint density at radius 2 is 1.42 bits per heavy atom. The van der Waals surface area contributed by atoms with E-state index in [1.165, 1.54) is 38.5 Å². The number of hydrogen-bond donors (Lipinski definition) is 1. The van der Waals surface area contributed by atoms with Crippen molar-refractivity contribution in [1.29, 1.82) is 0 Å². The van der Waals surface area contributed by atoms with Crippen LogP contribution in [0.4, 0.5) is 11.6 Å². The zero-order chi connectivity index (χ0) is 37.5. The number of nitrogens with one attached hydrogen (secondary N) is 1. The smallest absolute Gasteiger partial charge is 0.361 e. The third-order valence-electron chi connectivity index (χ3n) is 12.7. The van der Waals surface area contributed by atoms with Gasteiger partial charge in [0.05, 0.1) is 5.69 Å². The SMILES string of the molecule is C1=NC2=C(CC1)C1=Nc3c4ncccc4c4n3[Si](OCC3CCCCC3)(OCC3CCCCC3)N3C(=NC2=N1)c1cccnc1C3NC1=NC(=N4)c2ncccc21. The molecule has 286 valence electrons. The Balaban J connectivity index is 1.22. The molecule has 0 amide bonds. The van der Waals surface area contributed by atoms with Gasteiger partial charge < -0.3 is 14.2 Å². The molecule has 0 aromatic carbocycles. The van der Waals surface area contributed by atoms with Gasteiger partial charge in [0, 0.05) is 60.1 Å². The highest BCUT2D eigenvalue weighted by atomic mass is 28.4. The van der Waals surface area contributed by atoms with E-state index in [2.05, 4.69) is 26.2 Å². The molecule has 12 rings (SSSR count). The second kappa shape index (κ2) is 13.3. The summed E-state index contributed by atoms with van der Waals surface area (Å²) in [7, 11) is -4.09. The zero-order valence-electron chi connectivity index (χ0n) is 31.6. The van der Waals surface area contributed by atoms with Crippen molar-refractivity contribution in [2.45, 2.75) is 83.2 Å². The van der Waals surface area contributed by atoms with Gasteiger partial charge in [0.15, 0.2) is 23.3 Å². The first-order chi connectivity index (χ1) is 28.2. The van der Waals surface area contributed by atoms with Crippen LogP contribution in [-0.2, 0) is 8.85 Å². The maximum Gasteiger partial charge on any atom is 0.599 e. The molecule has 57 heavy (non-hydrogen) atoms. The predicted octanol–water partition coefficient (Wildman–Crippen LogP) is 7.08. The van der Waals surface area contributed by atoms with Crippen LogP contribution >= 0.6 is 0 Å². The average Bonchev–Trinajstić information content (AvgIpc) is 3.98. The third kappa shape index (κ3) is 5.24. The van der Waals surface area contributed by atoms with Gasteiger partial charge in [0.1, 0.15) is 40.6 Å². The number of rotatable bonds is 6. The van der Waals surface area contributed by atoms with Gasteiger partial charge in [-0.25, -0.2) is 25.0 Å². The van der Waals surface area contributed by atoms with Crippen LogP contribution < -0.4 is 5.32 Å². The lowest BCUT2D eigenvalue weighted by Crippen LogP contribution is -2.67. The van der Waals surface area contributed by atoms with Crippen LogP contribution in [0.2, 0.25) is 0 Å². The first-order valence-electron chi connectivity index (χ1n) is 20.7. The van der Waals surface area contributed by atoms with E-state index in [0.29, 0.717) is 77.1 Å². The second-order valence-corrected chi connectivity index (χ2v) is 18.8. The van der Waals surface area contributed by atoms with Crippen molar-refractivity contribution in [2.75, 3.05) is 13.2 Å². The summed E-state index contributed by atoms with van der Waals surface area (Å²) in [6.45, 7) is 1.04. The lowest BCUT2D eigenvalue weighted by Gasteiger charge is -2.44. The standard InChI is InChI=1S/C42H42N12O2Si/c1-3-11-25(12-4-1)23-55-57(56-24-26-13-5-2-6-14-26)53-40-29-17-9-21-45-33(29)41(53)49-35-27-15-7-19-43-31(27)37(47-35)51-39-30-18-10-22-46-34(30)42(54(39)57)50-36-28-16-8-20-44-32(28)38(48-36)52-40/h7,9-10,15,17-22,25-26,41H,1-6,8,11-14,16,23-24H2,(H,47,49,51). The molecule has 10 heterocycles. The highest BCUT2D eigenvalue weighted by Gasteiger charge is 2.62. The van der Waals surface area contributed by atoms with Crippen LogP contribution in [0.1, 0.15) is 106 Å². The van der Waals surface area contributed by atoms with E-state index >= 15 is 0 Å². The quantitative estimate of drug-likeness (QED) is 0.206. The van der Waals surface area contributed by atoms with Gasteiger partial charge in [-0.15, -0.1) is 0 Å². The van der Waals surface area contributed by atoms with Gasteiger partial charge in [0.25, 0.3) is 0 Å². The highest BCUT2D eigenvalue weighted by Crippen LogP contribution is 2.48. The molecule has 2 fully saturated rings. The number of hydrogen-bond acceptors (Lipinski definition) is 13. The fraction of sp³-hybridized carbons (Fsp3) is 0.405. The van der Waals surface area contributed by atoms with Crippen LogP contribution in [0.25, 0.3) is 10.9 Å². The molecule has 0 saturated heterocycles. The number of aromatic nitrogens is 4. The molecule has 6 aliphatic heterocycles. The normalized spacial score (nSPS) is 23.2. The Kier molecular flexibility index (Phi) is 7.83. The van der Waals surface area contributed by atoms with E-state index in [9.17, 15) is 0 Å². The number of amidine groups is 5. The fourth-order valence-corrected chi connectivity index (χ4v) is 13.4. The molecule has 2 aliphatic carbocycles. The molecule has 0 radical (unpaired) electrons. The molecular weight excluding hydrogens is 733 g/mol. The molecule has 1 N–H and O–H groups in total. The largest absolute Gasteiger partial charge is 0.599 e. The second-order valence-electron chi connectivity index (χ2n) is 16.2. The van der Waals surface area contributed by atoms with Gasteiger partial charge in [-0.05, 0) is 86.8 Å². The Morgan fingerprint density at radius 3 is 2.23 bits per heavy atom. The van der Waals surface area contributed by atoms with Gasteiger partial charge in [-0.2, -0.15) is 0 Å². The van der Waals surface area contributed by atoms with Crippen molar-refractivity contribution >= 4 is 66.8 Å². The van der Waals surface area contributed by atoms with Crippen molar-refractivity contribution in [3.63, 3.8) is 0 Å². The number of pyridine rings is 3. The molecule has 1 atom stereocenters. The maximum absolute atomic E-state index is 7.81. The molecule has 4 aromatic heterocycles. The number of aliphatic imine (C=N–C) groups is 6. The molecular formula is C42H42N12O2Si. The van der Waals surface area contributed by atoms with E-state index < -0.39 is 15.0 Å². The van der Waals surface area contributed by atoms with Gasteiger partial charge in [-0.3, -0.25) is 28.7 Å². The summed E-state index contributed by atoms with van der Waals surface area (Å²) in [4.78, 5) is 46.8.